The molecule has 0 saturated carbocycles. The van der Waals surface area contributed by atoms with Gasteiger partial charge in [0.05, 0.1) is 18.2 Å². The molecule has 0 aliphatic carbocycles. The first kappa shape index (κ1) is 16.4. The van der Waals surface area contributed by atoms with Crippen LogP contribution in [0.2, 0.25) is 10.0 Å². The lowest BCUT2D eigenvalue weighted by atomic mass is 10.1. The third-order valence-electron chi connectivity index (χ3n) is 3.05. The van der Waals surface area contributed by atoms with Crippen molar-refractivity contribution in [1.29, 1.82) is 0 Å². The van der Waals surface area contributed by atoms with E-state index in [4.69, 9.17) is 32.7 Å². The van der Waals surface area contributed by atoms with Crippen LogP contribution in [-0.4, -0.2) is 45.4 Å². The summed E-state index contributed by atoms with van der Waals surface area (Å²) in [6.07, 6.45) is 0. The van der Waals surface area contributed by atoms with Gasteiger partial charge in [0.15, 0.2) is 6.61 Å². The highest BCUT2D eigenvalue weighted by Crippen LogP contribution is 2.27. The number of benzene rings is 1. The van der Waals surface area contributed by atoms with Crippen molar-refractivity contribution in [3.05, 3.63) is 28.2 Å². The molecular formula is C14H18Cl2N2O3. The summed E-state index contributed by atoms with van der Waals surface area (Å²) in [7, 11) is 0. The predicted molar refractivity (Wildman–Crippen MR) is 82.1 cm³/mol. The fourth-order valence-corrected chi connectivity index (χ4v) is 2.40. The zero-order chi connectivity index (χ0) is 15.1. The van der Waals surface area contributed by atoms with Gasteiger partial charge in [-0.05, 0) is 18.2 Å². The number of hydrogen-bond donors (Lipinski definition) is 2. The molecule has 1 fully saturated rings. The molecule has 7 heteroatoms. The number of rotatable bonds is 5. The van der Waals surface area contributed by atoms with E-state index >= 15 is 0 Å². The van der Waals surface area contributed by atoms with Crippen LogP contribution >= 0.6 is 23.2 Å². The highest BCUT2D eigenvalue weighted by Gasteiger charge is 2.14. The predicted octanol–water partition coefficient (Wildman–Crippen LogP) is 1.72. The number of nitrogens with one attached hydrogen (secondary N) is 2. The van der Waals surface area contributed by atoms with E-state index in [0.29, 0.717) is 35.6 Å². The van der Waals surface area contributed by atoms with Crippen molar-refractivity contribution < 1.29 is 14.3 Å². The van der Waals surface area contributed by atoms with E-state index in [1.807, 2.05) is 0 Å². The van der Waals surface area contributed by atoms with Crippen LogP contribution < -0.4 is 15.4 Å². The summed E-state index contributed by atoms with van der Waals surface area (Å²) >= 11 is 11.8. The third kappa shape index (κ3) is 5.71. The number of ether oxygens (including phenoxy) is 2. The van der Waals surface area contributed by atoms with E-state index < -0.39 is 0 Å². The SMILES string of the molecule is O=C(COc1ccc(Cl)cc1Cl)NC[C@H]1CNCCOC1. The van der Waals surface area contributed by atoms with Crippen LogP contribution in [0, 0.1) is 5.92 Å². The minimum Gasteiger partial charge on any atom is -0.482 e. The maximum absolute atomic E-state index is 11.8. The van der Waals surface area contributed by atoms with Crippen LogP contribution in [0.3, 0.4) is 0 Å². The molecule has 0 bridgehead atoms. The Hall–Kier alpha value is -1.01. The van der Waals surface area contributed by atoms with Crippen LogP contribution in [0.4, 0.5) is 0 Å². The van der Waals surface area contributed by atoms with E-state index in [1.165, 1.54) is 0 Å². The summed E-state index contributed by atoms with van der Waals surface area (Å²) in [4.78, 5) is 11.8. The molecule has 0 radical (unpaired) electrons. The van der Waals surface area contributed by atoms with E-state index in [2.05, 4.69) is 10.6 Å². The van der Waals surface area contributed by atoms with Gasteiger partial charge in [-0.1, -0.05) is 23.2 Å². The molecule has 5 nitrogen and oxygen atoms in total. The second-order valence-corrected chi connectivity index (χ2v) is 5.66. The topological polar surface area (TPSA) is 59.6 Å². The molecule has 0 spiro atoms. The van der Waals surface area contributed by atoms with E-state index in [0.717, 1.165) is 13.1 Å². The van der Waals surface area contributed by atoms with Crippen molar-refractivity contribution in [2.45, 2.75) is 0 Å². The minimum atomic E-state index is -0.190. The van der Waals surface area contributed by atoms with Crippen molar-refractivity contribution in [1.82, 2.24) is 10.6 Å². The molecule has 1 aliphatic heterocycles. The summed E-state index contributed by atoms with van der Waals surface area (Å²) < 4.78 is 10.8. The lowest BCUT2D eigenvalue weighted by Gasteiger charge is -2.15. The highest BCUT2D eigenvalue weighted by molar-refractivity contribution is 6.35. The standard InChI is InChI=1S/C14H18Cl2N2O3/c15-11-1-2-13(12(16)5-11)21-9-14(19)18-7-10-6-17-3-4-20-8-10/h1-2,5,10,17H,3-4,6-9H2,(H,18,19)/t10-/m1/s1. The second kappa shape index (κ2) is 8.44. The monoisotopic (exact) mass is 332 g/mol. The van der Waals surface area contributed by atoms with Gasteiger partial charge >= 0.3 is 0 Å². The molecule has 2 rings (SSSR count). The van der Waals surface area contributed by atoms with Gasteiger partial charge in [0.1, 0.15) is 5.75 Å². The smallest absolute Gasteiger partial charge is 0.257 e. The molecule has 2 N–H and O–H groups in total. The van der Waals surface area contributed by atoms with E-state index in [1.54, 1.807) is 18.2 Å². The Bertz CT molecular complexity index is 477. The third-order valence-corrected chi connectivity index (χ3v) is 3.58. The molecule has 1 aromatic carbocycles. The second-order valence-electron chi connectivity index (χ2n) is 4.81. The van der Waals surface area contributed by atoms with Gasteiger partial charge in [0.25, 0.3) is 5.91 Å². The Kier molecular flexibility index (Phi) is 6.57. The summed E-state index contributed by atoms with van der Waals surface area (Å²) in [5.74, 6) is 0.525. The fourth-order valence-electron chi connectivity index (χ4n) is 1.94. The molecule has 1 heterocycles. The minimum absolute atomic E-state index is 0.0810. The van der Waals surface area contributed by atoms with Gasteiger partial charge in [-0.3, -0.25) is 4.79 Å². The Labute approximate surface area is 133 Å². The fraction of sp³-hybridized carbons (Fsp3) is 0.500. The molecule has 1 atom stereocenters. The summed E-state index contributed by atoms with van der Waals surface area (Å²) in [5, 5.41) is 6.99. The van der Waals surface area contributed by atoms with E-state index in [9.17, 15) is 4.79 Å². The first-order valence-corrected chi connectivity index (χ1v) is 7.54. The number of hydrogen-bond acceptors (Lipinski definition) is 4. The first-order chi connectivity index (χ1) is 10.1. The summed E-state index contributed by atoms with van der Waals surface area (Å²) in [6.45, 7) is 3.53. The van der Waals surface area contributed by atoms with Crippen molar-refractivity contribution >= 4 is 29.1 Å². The van der Waals surface area contributed by atoms with Gasteiger partial charge in [-0.25, -0.2) is 0 Å². The molecule has 0 aromatic heterocycles. The molecule has 0 unspecified atom stereocenters. The Morgan fingerprint density at radius 2 is 2.33 bits per heavy atom. The van der Waals surface area contributed by atoms with Crippen LogP contribution in [0.5, 0.6) is 5.75 Å². The van der Waals surface area contributed by atoms with Gasteiger partial charge in [-0.15, -0.1) is 0 Å². The van der Waals surface area contributed by atoms with Crippen LogP contribution in [0.15, 0.2) is 18.2 Å². The van der Waals surface area contributed by atoms with Crippen molar-refractivity contribution in [2.24, 2.45) is 5.92 Å². The first-order valence-electron chi connectivity index (χ1n) is 6.78. The molecular weight excluding hydrogens is 315 g/mol. The number of halogens is 2. The van der Waals surface area contributed by atoms with Gasteiger partial charge in [-0.2, -0.15) is 0 Å². The number of carbonyl (C=O) groups is 1. The molecule has 1 aromatic rings. The number of amides is 1. The highest BCUT2D eigenvalue weighted by atomic mass is 35.5. The van der Waals surface area contributed by atoms with Crippen molar-refractivity contribution in [3.8, 4) is 5.75 Å². The Morgan fingerprint density at radius 1 is 1.48 bits per heavy atom. The summed E-state index contributed by atoms with van der Waals surface area (Å²) in [6, 6.07) is 4.88. The molecule has 21 heavy (non-hydrogen) atoms. The lowest BCUT2D eigenvalue weighted by molar-refractivity contribution is -0.123. The Morgan fingerprint density at radius 3 is 3.14 bits per heavy atom. The zero-order valence-corrected chi connectivity index (χ0v) is 13.0. The zero-order valence-electron chi connectivity index (χ0n) is 11.5. The van der Waals surface area contributed by atoms with Gasteiger partial charge in [0.2, 0.25) is 0 Å². The lowest BCUT2D eigenvalue weighted by Crippen LogP contribution is -2.37. The average molecular weight is 333 g/mol. The molecule has 1 aliphatic rings. The Balaban J connectivity index is 1.71. The van der Waals surface area contributed by atoms with Crippen molar-refractivity contribution in [3.63, 3.8) is 0 Å². The van der Waals surface area contributed by atoms with E-state index in [-0.39, 0.29) is 18.4 Å². The molecule has 1 saturated heterocycles. The quantitative estimate of drug-likeness (QED) is 0.862. The van der Waals surface area contributed by atoms with Crippen molar-refractivity contribution in [2.75, 3.05) is 39.5 Å². The average Bonchev–Trinajstić information content (AvgIpc) is 2.73. The maximum atomic E-state index is 11.8. The van der Waals surface area contributed by atoms with Crippen LogP contribution in [0.1, 0.15) is 0 Å². The number of carbonyl (C=O) groups excluding carboxylic acids is 1. The van der Waals surface area contributed by atoms with Gasteiger partial charge < -0.3 is 20.1 Å². The van der Waals surface area contributed by atoms with Crippen LogP contribution in [-0.2, 0) is 9.53 Å². The molecule has 1 amide bonds. The largest absolute Gasteiger partial charge is 0.482 e. The maximum Gasteiger partial charge on any atom is 0.257 e. The molecule has 116 valence electrons. The van der Waals surface area contributed by atoms with Gasteiger partial charge in [0, 0.05) is 30.6 Å². The summed E-state index contributed by atoms with van der Waals surface area (Å²) in [5.41, 5.74) is 0. The normalized spacial score (nSPS) is 18.9. The van der Waals surface area contributed by atoms with Crippen LogP contribution in [0.25, 0.3) is 0 Å².